The van der Waals surface area contributed by atoms with Crippen molar-refractivity contribution < 1.29 is 12.8 Å². The number of hydrogen-bond donors (Lipinski definition) is 1. The summed E-state index contributed by atoms with van der Waals surface area (Å²) in [5, 5.41) is 3.37. The summed E-state index contributed by atoms with van der Waals surface area (Å²) in [7, 11) is -3.18. The highest BCUT2D eigenvalue weighted by Crippen LogP contribution is 2.23. The van der Waals surface area contributed by atoms with Crippen LogP contribution in [0.25, 0.3) is 0 Å². The summed E-state index contributed by atoms with van der Waals surface area (Å²) >= 11 is 0. The fourth-order valence-electron chi connectivity index (χ4n) is 2.84. The minimum Gasteiger partial charge on any atom is -0.380 e. The van der Waals surface area contributed by atoms with Crippen LogP contribution in [0.5, 0.6) is 0 Å². The average Bonchev–Trinajstić information content (AvgIpc) is 3.04. The Morgan fingerprint density at radius 3 is 2.71 bits per heavy atom. The van der Waals surface area contributed by atoms with Crippen LogP contribution in [-0.2, 0) is 9.84 Å². The molecule has 1 saturated heterocycles. The maximum absolute atomic E-state index is 13.8. The quantitative estimate of drug-likeness (QED) is 0.899. The lowest BCUT2D eigenvalue weighted by atomic mass is 10.2. The highest BCUT2D eigenvalue weighted by Gasteiger charge is 2.25. The number of pyridine rings is 1. The van der Waals surface area contributed by atoms with Gasteiger partial charge in [0, 0.05) is 31.0 Å². The SMILES string of the molecule is CCS(=O)(=O)c1ccc(NC2CCN(c3ncccc3F)C2)cc1. The lowest BCUT2D eigenvalue weighted by molar-refractivity contribution is 0.597. The second-order valence-electron chi connectivity index (χ2n) is 5.81. The Bertz CT molecular complexity index is 809. The number of aromatic nitrogens is 1. The van der Waals surface area contributed by atoms with Gasteiger partial charge in [0.1, 0.15) is 0 Å². The first-order valence-electron chi connectivity index (χ1n) is 7.94. The van der Waals surface area contributed by atoms with Gasteiger partial charge in [-0.05, 0) is 42.8 Å². The van der Waals surface area contributed by atoms with E-state index in [1.54, 1.807) is 43.5 Å². The summed E-state index contributed by atoms with van der Waals surface area (Å²) in [5.74, 6) is 0.158. The Morgan fingerprint density at radius 2 is 2.04 bits per heavy atom. The molecule has 0 radical (unpaired) electrons. The molecule has 128 valence electrons. The molecule has 1 aromatic heterocycles. The maximum atomic E-state index is 13.8. The van der Waals surface area contributed by atoms with Crippen LogP contribution >= 0.6 is 0 Å². The van der Waals surface area contributed by atoms with E-state index in [1.807, 2.05) is 4.90 Å². The van der Waals surface area contributed by atoms with E-state index in [0.717, 1.165) is 18.7 Å². The molecule has 0 aliphatic carbocycles. The van der Waals surface area contributed by atoms with Crippen LogP contribution in [-0.4, -0.2) is 38.3 Å². The first-order valence-corrected chi connectivity index (χ1v) is 9.59. The number of nitrogens with one attached hydrogen (secondary N) is 1. The first-order chi connectivity index (χ1) is 11.5. The molecule has 0 bridgehead atoms. The molecule has 1 atom stereocenters. The van der Waals surface area contributed by atoms with Crippen LogP contribution in [0.3, 0.4) is 0 Å². The van der Waals surface area contributed by atoms with Crippen LogP contribution in [0.4, 0.5) is 15.9 Å². The van der Waals surface area contributed by atoms with Gasteiger partial charge in [-0.1, -0.05) is 6.92 Å². The van der Waals surface area contributed by atoms with Crippen molar-refractivity contribution in [2.24, 2.45) is 0 Å². The van der Waals surface area contributed by atoms with Crippen molar-refractivity contribution in [2.45, 2.75) is 24.3 Å². The number of halogens is 1. The van der Waals surface area contributed by atoms with Crippen molar-refractivity contribution in [3.05, 3.63) is 48.4 Å². The maximum Gasteiger partial charge on any atom is 0.178 e. The van der Waals surface area contributed by atoms with Crippen molar-refractivity contribution in [3.63, 3.8) is 0 Å². The van der Waals surface area contributed by atoms with Gasteiger partial charge in [-0.25, -0.2) is 17.8 Å². The number of nitrogens with zero attached hydrogens (tertiary/aromatic N) is 2. The van der Waals surface area contributed by atoms with E-state index in [9.17, 15) is 12.8 Å². The van der Waals surface area contributed by atoms with Crippen LogP contribution in [0.1, 0.15) is 13.3 Å². The van der Waals surface area contributed by atoms with Crippen LogP contribution in [0.15, 0.2) is 47.5 Å². The molecule has 2 aromatic rings. The molecule has 0 amide bonds. The first kappa shape index (κ1) is 16.7. The van der Waals surface area contributed by atoms with Crippen molar-refractivity contribution in [1.29, 1.82) is 0 Å². The number of anilines is 2. The molecular weight excluding hydrogens is 329 g/mol. The van der Waals surface area contributed by atoms with Crippen molar-refractivity contribution in [2.75, 3.05) is 29.1 Å². The molecule has 1 N–H and O–H groups in total. The molecule has 3 rings (SSSR count). The predicted octanol–water partition coefficient (Wildman–Crippen LogP) is 2.71. The molecule has 1 unspecified atom stereocenters. The van der Waals surface area contributed by atoms with Gasteiger partial charge in [0.15, 0.2) is 21.5 Å². The van der Waals surface area contributed by atoms with E-state index in [2.05, 4.69) is 10.3 Å². The Hall–Kier alpha value is -2.15. The highest BCUT2D eigenvalue weighted by molar-refractivity contribution is 7.91. The molecule has 0 spiro atoms. The molecule has 1 aliphatic heterocycles. The molecule has 5 nitrogen and oxygen atoms in total. The van der Waals surface area contributed by atoms with Gasteiger partial charge in [0.05, 0.1) is 10.6 Å². The van der Waals surface area contributed by atoms with E-state index in [-0.39, 0.29) is 17.6 Å². The summed E-state index contributed by atoms with van der Waals surface area (Å²) in [6.07, 6.45) is 2.46. The fourth-order valence-corrected chi connectivity index (χ4v) is 3.73. The minimum absolute atomic E-state index is 0.0903. The molecule has 7 heteroatoms. The number of benzene rings is 1. The smallest absolute Gasteiger partial charge is 0.178 e. The van der Waals surface area contributed by atoms with Crippen molar-refractivity contribution in [1.82, 2.24) is 4.98 Å². The lowest BCUT2D eigenvalue weighted by Crippen LogP contribution is -2.27. The highest BCUT2D eigenvalue weighted by atomic mass is 32.2. The third-order valence-corrected chi connectivity index (χ3v) is 5.94. The van der Waals surface area contributed by atoms with Gasteiger partial charge in [0.25, 0.3) is 0 Å². The zero-order valence-corrected chi connectivity index (χ0v) is 14.3. The molecule has 1 aliphatic rings. The summed E-state index contributed by atoms with van der Waals surface area (Å²) in [6.45, 7) is 3.02. The zero-order chi connectivity index (χ0) is 17.2. The number of hydrogen-bond acceptors (Lipinski definition) is 5. The average molecular weight is 349 g/mol. The Morgan fingerprint density at radius 1 is 1.29 bits per heavy atom. The third kappa shape index (κ3) is 3.51. The minimum atomic E-state index is -3.18. The lowest BCUT2D eigenvalue weighted by Gasteiger charge is -2.19. The van der Waals surface area contributed by atoms with Crippen molar-refractivity contribution >= 4 is 21.3 Å². The fraction of sp³-hybridized carbons (Fsp3) is 0.353. The normalized spacial score (nSPS) is 17.9. The Labute approximate surface area is 141 Å². The largest absolute Gasteiger partial charge is 0.380 e. The summed E-state index contributed by atoms with van der Waals surface area (Å²) in [4.78, 5) is 6.36. The Kier molecular flexibility index (Phi) is 4.71. The van der Waals surface area contributed by atoms with Crippen LogP contribution < -0.4 is 10.2 Å². The second-order valence-corrected chi connectivity index (χ2v) is 8.09. The third-order valence-electron chi connectivity index (χ3n) is 4.19. The van der Waals surface area contributed by atoms with Gasteiger partial charge in [-0.3, -0.25) is 0 Å². The standard InChI is InChI=1S/C17H20FN3O2S/c1-2-24(22,23)15-7-5-13(6-8-15)20-14-9-11-21(12-14)17-16(18)4-3-10-19-17/h3-8,10,14,20H,2,9,11-12H2,1H3. The molecule has 1 aromatic carbocycles. The van der Waals surface area contributed by atoms with E-state index >= 15 is 0 Å². The molecular formula is C17H20FN3O2S. The van der Waals surface area contributed by atoms with Crippen LogP contribution in [0, 0.1) is 5.82 Å². The molecule has 2 heterocycles. The summed E-state index contributed by atoms with van der Waals surface area (Å²) in [5.41, 5.74) is 0.860. The second kappa shape index (κ2) is 6.76. The number of sulfone groups is 1. The predicted molar refractivity (Wildman–Crippen MR) is 92.6 cm³/mol. The van der Waals surface area contributed by atoms with Gasteiger partial charge in [0.2, 0.25) is 0 Å². The number of rotatable bonds is 5. The van der Waals surface area contributed by atoms with Crippen LogP contribution in [0.2, 0.25) is 0 Å². The summed E-state index contributed by atoms with van der Waals surface area (Å²) < 4.78 is 37.4. The van der Waals surface area contributed by atoms with E-state index in [1.165, 1.54) is 6.07 Å². The van der Waals surface area contributed by atoms with E-state index in [0.29, 0.717) is 17.3 Å². The Balaban J connectivity index is 1.65. The van der Waals surface area contributed by atoms with E-state index in [4.69, 9.17) is 0 Å². The molecule has 1 fully saturated rings. The molecule has 24 heavy (non-hydrogen) atoms. The van der Waals surface area contributed by atoms with E-state index < -0.39 is 9.84 Å². The molecule has 0 saturated carbocycles. The van der Waals surface area contributed by atoms with Gasteiger partial charge in [-0.15, -0.1) is 0 Å². The monoisotopic (exact) mass is 349 g/mol. The zero-order valence-electron chi connectivity index (χ0n) is 13.4. The topological polar surface area (TPSA) is 62.3 Å². The van der Waals surface area contributed by atoms with Crippen molar-refractivity contribution in [3.8, 4) is 0 Å². The van der Waals surface area contributed by atoms with Gasteiger partial charge >= 0.3 is 0 Å². The summed E-state index contributed by atoms with van der Waals surface area (Å²) in [6, 6.07) is 9.93. The van der Waals surface area contributed by atoms with Gasteiger partial charge < -0.3 is 10.2 Å². The van der Waals surface area contributed by atoms with Gasteiger partial charge in [-0.2, -0.15) is 0 Å².